The Morgan fingerprint density at radius 2 is 1.90 bits per heavy atom. The second-order valence-corrected chi connectivity index (χ2v) is 5.47. The van der Waals surface area contributed by atoms with E-state index >= 15 is 0 Å². The molecule has 21 heavy (non-hydrogen) atoms. The van der Waals surface area contributed by atoms with Gasteiger partial charge in [-0.3, -0.25) is 10.1 Å². The molecule has 0 aromatic heterocycles. The zero-order chi connectivity index (χ0) is 15.8. The normalized spacial score (nSPS) is 12.0. The van der Waals surface area contributed by atoms with Crippen molar-refractivity contribution in [2.45, 2.75) is 24.3 Å². The third-order valence-electron chi connectivity index (χ3n) is 2.92. The van der Waals surface area contributed by atoms with Gasteiger partial charge in [0.25, 0.3) is 0 Å². The fourth-order valence-corrected chi connectivity index (χ4v) is 2.80. The Balaban J connectivity index is 3.21. The minimum Gasteiger partial charge on any atom is -0.496 e. The molecule has 1 atom stereocenters. The smallest absolute Gasteiger partial charge is 0.233 e. The summed E-state index contributed by atoms with van der Waals surface area (Å²) in [6.45, 7) is 1.78. The summed E-state index contributed by atoms with van der Waals surface area (Å²) in [7, 11) is 4.56. The van der Waals surface area contributed by atoms with Gasteiger partial charge < -0.3 is 14.2 Å². The van der Waals surface area contributed by atoms with Crippen LogP contribution in [0.2, 0.25) is 0 Å². The van der Waals surface area contributed by atoms with Crippen LogP contribution in [0, 0.1) is 10.1 Å². The Labute approximate surface area is 128 Å². The fourth-order valence-electron chi connectivity index (χ4n) is 1.90. The molecule has 0 fully saturated rings. The van der Waals surface area contributed by atoms with Gasteiger partial charge in [-0.1, -0.05) is 6.92 Å². The molecule has 0 heterocycles. The highest BCUT2D eigenvalue weighted by molar-refractivity contribution is 7.99. The molecule has 7 heteroatoms. The molecular weight excluding hydrogens is 294 g/mol. The number of hydrogen-bond donors (Lipinski definition) is 0. The second-order valence-electron chi connectivity index (χ2n) is 4.33. The van der Waals surface area contributed by atoms with Crippen molar-refractivity contribution in [3.8, 4) is 11.5 Å². The summed E-state index contributed by atoms with van der Waals surface area (Å²) in [5, 5.41) is 10.8. The van der Waals surface area contributed by atoms with Gasteiger partial charge >= 0.3 is 0 Å². The van der Waals surface area contributed by atoms with Crippen LogP contribution >= 0.6 is 11.8 Å². The van der Waals surface area contributed by atoms with Gasteiger partial charge in [-0.15, -0.1) is 11.8 Å². The summed E-state index contributed by atoms with van der Waals surface area (Å²) in [5.41, 5.74) is 0.620. The summed E-state index contributed by atoms with van der Waals surface area (Å²) >= 11 is 1.66. The minimum atomic E-state index is -0.672. The van der Waals surface area contributed by atoms with Gasteiger partial charge in [-0.05, 0) is 24.3 Å². The molecule has 1 aromatic carbocycles. The third-order valence-corrected chi connectivity index (χ3v) is 4.17. The van der Waals surface area contributed by atoms with Crippen LogP contribution in [0.1, 0.15) is 25.0 Å². The molecule has 1 rings (SSSR count). The van der Waals surface area contributed by atoms with Crippen LogP contribution in [0.5, 0.6) is 11.5 Å². The molecular formula is C14H21NO5S. The maximum atomic E-state index is 10.8. The van der Waals surface area contributed by atoms with E-state index in [4.69, 9.17) is 14.2 Å². The van der Waals surface area contributed by atoms with Crippen LogP contribution in [0.15, 0.2) is 17.0 Å². The lowest BCUT2D eigenvalue weighted by Gasteiger charge is -2.18. The predicted molar refractivity (Wildman–Crippen MR) is 82.2 cm³/mol. The van der Waals surface area contributed by atoms with Crippen molar-refractivity contribution in [3.63, 3.8) is 0 Å². The summed E-state index contributed by atoms with van der Waals surface area (Å²) in [6.07, 6.45) is 0.369. The molecule has 1 unspecified atom stereocenters. The topological polar surface area (TPSA) is 70.8 Å². The molecule has 0 radical (unpaired) electrons. The number of ether oxygens (including phenoxy) is 3. The Morgan fingerprint density at radius 1 is 1.24 bits per heavy atom. The molecule has 0 N–H and O–H groups in total. The summed E-state index contributed by atoms with van der Waals surface area (Å²) in [4.78, 5) is 11.3. The van der Waals surface area contributed by atoms with Gasteiger partial charge in [0.2, 0.25) is 6.54 Å². The van der Waals surface area contributed by atoms with Crippen molar-refractivity contribution in [2.75, 3.05) is 33.6 Å². The van der Waals surface area contributed by atoms with E-state index in [0.717, 1.165) is 17.1 Å². The van der Waals surface area contributed by atoms with E-state index in [1.54, 1.807) is 32.0 Å². The Kier molecular flexibility index (Phi) is 7.31. The number of nitro groups is 1. The molecule has 6 nitrogen and oxygen atoms in total. The van der Waals surface area contributed by atoms with Crippen molar-refractivity contribution < 1.29 is 19.1 Å². The van der Waals surface area contributed by atoms with Gasteiger partial charge in [0.1, 0.15) is 11.5 Å². The third kappa shape index (κ3) is 4.78. The Morgan fingerprint density at radius 3 is 2.38 bits per heavy atom. The monoisotopic (exact) mass is 315 g/mol. The highest BCUT2D eigenvalue weighted by Gasteiger charge is 2.23. The highest BCUT2D eigenvalue weighted by atomic mass is 32.2. The molecule has 1 aromatic rings. The summed E-state index contributed by atoms with van der Waals surface area (Å²) in [5.74, 6) is 2.21. The number of benzene rings is 1. The van der Waals surface area contributed by atoms with E-state index in [9.17, 15) is 10.1 Å². The second kappa shape index (κ2) is 8.74. The molecule has 0 aliphatic rings. The van der Waals surface area contributed by atoms with Crippen molar-refractivity contribution in [3.05, 3.63) is 27.8 Å². The summed E-state index contributed by atoms with van der Waals surface area (Å²) < 4.78 is 16.0. The Hall–Kier alpha value is -1.47. The van der Waals surface area contributed by atoms with Gasteiger partial charge in [0.05, 0.1) is 19.1 Å². The first-order valence-corrected chi connectivity index (χ1v) is 7.59. The van der Waals surface area contributed by atoms with Gasteiger partial charge in [0, 0.05) is 17.6 Å². The van der Waals surface area contributed by atoms with E-state index < -0.39 is 11.0 Å². The SMILES string of the molecule is CCCSc1cc(OC)c(C(C[N+](=O)[O-])OC)cc1OC. The van der Waals surface area contributed by atoms with Crippen molar-refractivity contribution in [1.82, 2.24) is 0 Å². The van der Waals surface area contributed by atoms with Crippen molar-refractivity contribution in [1.29, 1.82) is 0 Å². The maximum Gasteiger partial charge on any atom is 0.233 e. The fraction of sp³-hybridized carbons (Fsp3) is 0.571. The van der Waals surface area contributed by atoms with Crippen LogP contribution in [0.25, 0.3) is 0 Å². The molecule has 0 spiro atoms. The zero-order valence-corrected chi connectivity index (χ0v) is 13.6. The predicted octanol–water partition coefficient (Wildman–Crippen LogP) is 3.17. The molecule has 0 amide bonds. The standard InChI is InChI=1S/C14H21NO5S/c1-5-6-21-14-8-11(18-2)10(7-12(14)19-3)13(20-4)9-15(16)17/h7-8,13H,5-6,9H2,1-4H3. The number of rotatable bonds is 9. The first-order chi connectivity index (χ1) is 10.1. The zero-order valence-electron chi connectivity index (χ0n) is 12.8. The highest BCUT2D eigenvalue weighted by Crippen LogP contribution is 2.39. The lowest BCUT2D eigenvalue weighted by molar-refractivity contribution is -0.492. The molecule has 0 saturated carbocycles. The molecule has 0 bridgehead atoms. The van der Waals surface area contributed by atoms with Crippen LogP contribution in [0.4, 0.5) is 0 Å². The van der Waals surface area contributed by atoms with E-state index in [0.29, 0.717) is 17.1 Å². The Bertz CT molecular complexity index is 481. The number of nitrogens with zero attached hydrogens (tertiary/aromatic N) is 1. The quantitative estimate of drug-likeness (QED) is 0.396. The molecule has 0 aliphatic carbocycles. The van der Waals surface area contributed by atoms with Crippen LogP contribution < -0.4 is 9.47 Å². The van der Waals surface area contributed by atoms with Crippen LogP contribution in [-0.4, -0.2) is 38.6 Å². The van der Waals surface area contributed by atoms with Gasteiger partial charge in [0.15, 0.2) is 6.10 Å². The van der Waals surface area contributed by atoms with Gasteiger partial charge in [-0.2, -0.15) is 0 Å². The first-order valence-electron chi connectivity index (χ1n) is 6.60. The number of hydrogen-bond acceptors (Lipinski definition) is 6. The lowest BCUT2D eigenvalue weighted by Crippen LogP contribution is -2.15. The summed E-state index contributed by atoms with van der Waals surface area (Å²) in [6, 6.07) is 3.61. The van der Waals surface area contributed by atoms with E-state index in [1.807, 2.05) is 6.07 Å². The van der Waals surface area contributed by atoms with Crippen molar-refractivity contribution >= 4 is 11.8 Å². The van der Waals surface area contributed by atoms with E-state index in [2.05, 4.69) is 6.92 Å². The molecule has 118 valence electrons. The minimum absolute atomic E-state index is 0.322. The number of methoxy groups -OCH3 is 3. The average Bonchev–Trinajstić information content (AvgIpc) is 2.49. The van der Waals surface area contributed by atoms with E-state index in [1.165, 1.54) is 7.11 Å². The lowest BCUT2D eigenvalue weighted by atomic mass is 10.1. The maximum absolute atomic E-state index is 10.8. The van der Waals surface area contributed by atoms with Crippen molar-refractivity contribution in [2.24, 2.45) is 0 Å². The van der Waals surface area contributed by atoms with Crippen LogP contribution in [0.3, 0.4) is 0 Å². The molecule has 0 saturated heterocycles. The average molecular weight is 315 g/mol. The van der Waals surface area contributed by atoms with Gasteiger partial charge in [-0.25, -0.2) is 0 Å². The number of thioether (sulfide) groups is 1. The largest absolute Gasteiger partial charge is 0.496 e. The first kappa shape index (κ1) is 17.6. The van der Waals surface area contributed by atoms with E-state index in [-0.39, 0.29) is 6.54 Å². The molecule has 0 aliphatic heterocycles. The van der Waals surface area contributed by atoms with Crippen LogP contribution in [-0.2, 0) is 4.74 Å².